The molecule has 0 spiro atoms. The van der Waals surface area contributed by atoms with Gasteiger partial charge in [-0.2, -0.15) is 0 Å². The molecule has 18 heavy (non-hydrogen) atoms. The summed E-state index contributed by atoms with van der Waals surface area (Å²) in [4.78, 5) is 14.4. The molecule has 0 aromatic heterocycles. The van der Waals surface area contributed by atoms with E-state index >= 15 is 0 Å². The number of carbonyl (C=O) groups excluding carboxylic acids is 1. The van der Waals surface area contributed by atoms with Crippen molar-refractivity contribution in [2.24, 2.45) is 0 Å². The number of carbonyl (C=O) groups is 1. The van der Waals surface area contributed by atoms with Gasteiger partial charge in [0.15, 0.2) is 5.78 Å². The van der Waals surface area contributed by atoms with Gasteiger partial charge in [-0.15, -0.1) is 12.6 Å². The second-order valence-corrected chi connectivity index (χ2v) is 5.25. The Hall–Kier alpha value is -0.190. The number of thiol groups is 1. The molecule has 0 unspecified atom stereocenters. The Balaban J connectivity index is 0.00000162. The molecule has 0 amide bonds. The monoisotopic (exact) mass is 283 g/mol. The molecule has 1 radical (unpaired) electrons. The van der Waals surface area contributed by atoms with Crippen LogP contribution in [0, 0.1) is 0 Å². The Morgan fingerprint density at radius 3 is 2.39 bits per heavy atom. The Morgan fingerprint density at radius 2 is 1.78 bits per heavy atom. The number of ketones is 1. The van der Waals surface area contributed by atoms with Crippen molar-refractivity contribution in [2.45, 2.75) is 21.6 Å². The van der Waals surface area contributed by atoms with Crippen LogP contribution in [0.5, 0.6) is 0 Å². The van der Waals surface area contributed by atoms with Crippen LogP contribution < -0.4 is 0 Å². The number of hydrogen-bond acceptors (Lipinski definition) is 3. The minimum Gasteiger partial charge on any atom is -0.295 e. The molecule has 2 rings (SSSR count). The molecule has 4 heteroatoms. The van der Waals surface area contributed by atoms with E-state index in [1.165, 1.54) is 0 Å². The summed E-state index contributed by atoms with van der Waals surface area (Å²) in [7, 11) is 0. The van der Waals surface area contributed by atoms with Crippen LogP contribution in [0.4, 0.5) is 0 Å². The summed E-state index contributed by atoms with van der Waals surface area (Å²) in [5, 5.41) is 0. The fraction of sp³-hybridized carbons (Fsp3) is 0.0714. The second kappa shape index (κ2) is 7.41. The topological polar surface area (TPSA) is 17.1 Å². The fourth-order valence-electron chi connectivity index (χ4n) is 1.43. The molecule has 0 atom stereocenters. The zero-order chi connectivity index (χ0) is 12.3. The third-order valence-electron chi connectivity index (χ3n) is 2.34. The van der Waals surface area contributed by atoms with Gasteiger partial charge in [0.2, 0.25) is 0 Å². The van der Waals surface area contributed by atoms with Crippen molar-refractivity contribution in [3.8, 4) is 0 Å². The van der Waals surface area contributed by atoms with Gasteiger partial charge in [-0.1, -0.05) is 36.0 Å². The first-order valence-corrected chi connectivity index (χ1v) is 6.50. The predicted molar refractivity (Wildman–Crippen MR) is 80.0 cm³/mol. The van der Waals surface area contributed by atoms with E-state index in [4.69, 9.17) is 0 Å². The van der Waals surface area contributed by atoms with Crippen molar-refractivity contribution in [3.63, 3.8) is 0 Å². The summed E-state index contributed by atoms with van der Waals surface area (Å²) in [6, 6.07) is 15.6. The van der Waals surface area contributed by atoms with Crippen molar-refractivity contribution in [2.75, 3.05) is 0 Å². The van der Waals surface area contributed by atoms with Gasteiger partial charge >= 0.3 is 0 Å². The maximum atomic E-state index is 11.3. The van der Waals surface area contributed by atoms with E-state index < -0.39 is 0 Å². The van der Waals surface area contributed by atoms with E-state index in [9.17, 15) is 4.79 Å². The van der Waals surface area contributed by atoms with Gasteiger partial charge in [0.25, 0.3) is 0 Å². The van der Waals surface area contributed by atoms with Crippen LogP contribution >= 0.6 is 24.4 Å². The number of Topliss-reactive ketones (excluding diaryl/α,β-unsaturated/α-hetero) is 1. The molecule has 2 aromatic rings. The Morgan fingerprint density at radius 1 is 1.11 bits per heavy atom. The molecule has 0 aliphatic carbocycles. The zero-order valence-corrected chi connectivity index (χ0v) is 14.1. The van der Waals surface area contributed by atoms with E-state index in [1.807, 2.05) is 42.5 Å². The van der Waals surface area contributed by atoms with Crippen LogP contribution in [0.3, 0.4) is 0 Å². The summed E-state index contributed by atoms with van der Waals surface area (Å²) in [6.07, 6.45) is 0. The van der Waals surface area contributed by atoms with E-state index in [2.05, 4.69) is 12.6 Å². The second-order valence-electron chi connectivity index (χ2n) is 3.65. The first-order valence-electron chi connectivity index (χ1n) is 5.23. The van der Waals surface area contributed by atoms with Crippen LogP contribution in [-0.2, 0) is 0 Å². The molecule has 0 aliphatic rings. The quantitative estimate of drug-likeness (QED) is 0.522. The van der Waals surface area contributed by atoms with Crippen molar-refractivity contribution in [1.29, 1.82) is 0 Å². The van der Waals surface area contributed by atoms with Crippen molar-refractivity contribution < 1.29 is 4.79 Å². The normalized spacial score (nSPS) is 9.67. The Labute approximate surface area is 139 Å². The first-order chi connectivity index (χ1) is 8.16. The summed E-state index contributed by atoms with van der Waals surface area (Å²) in [6.45, 7) is 1.57. The zero-order valence-electron chi connectivity index (χ0n) is 10.4. The third kappa shape index (κ3) is 4.18. The number of hydrogen-bond donors (Lipinski definition) is 1. The van der Waals surface area contributed by atoms with E-state index in [1.54, 1.807) is 24.8 Å². The van der Waals surface area contributed by atoms with E-state index in [-0.39, 0.29) is 35.3 Å². The van der Waals surface area contributed by atoms with Crippen LogP contribution in [0.25, 0.3) is 0 Å². The van der Waals surface area contributed by atoms with Crippen molar-refractivity contribution in [3.05, 3.63) is 54.1 Å². The van der Waals surface area contributed by atoms with Gasteiger partial charge in [-0.05, 0) is 31.2 Å². The maximum Gasteiger partial charge on any atom is 0.159 e. The van der Waals surface area contributed by atoms with Crippen LogP contribution in [0.2, 0.25) is 0 Å². The maximum absolute atomic E-state index is 11.3. The van der Waals surface area contributed by atoms with Crippen molar-refractivity contribution in [1.82, 2.24) is 0 Å². The van der Waals surface area contributed by atoms with Crippen LogP contribution in [-0.4, -0.2) is 35.3 Å². The molecule has 87 valence electrons. The molecule has 0 heterocycles. The molecule has 0 saturated carbocycles. The minimum absolute atomic E-state index is 0. The predicted octanol–water partition coefficient (Wildman–Crippen LogP) is 3.95. The molecule has 2 aromatic carbocycles. The van der Waals surface area contributed by atoms with Crippen LogP contribution in [0.15, 0.2) is 63.2 Å². The Bertz CT molecular complexity index is 541. The molecule has 1 nitrogen and oxygen atoms in total. The molecular formula is C14H12NaOS2. The van der Waals surface area contributed by atoms with Gasteiger partial charge in [0.05, 0.1) is 0 Å². The molecule has 0 N–H and O–H groups in total. The summed E-state index contributed by atoms with van der Waals surface area (Å²) in [5.41, 5.74) is 0.723. The summed E-state index contributed by atoms with van der Waals surface area (Å²) >= 11 is 6.03. The standard InChI is InChI=1S/C14H12OS2.Na/c1-10(15)11-7-8-13(16)14(9-11)17-12-5-3-2-4-6-12;/h2-9,16H,1H3;. The SMILES string of the molecule is CC(=O)c1ccc(S)c(Sc2ccccc2)c1.[Na]. The number of benzene rings is 2. The average molecular weight is 283 g/mol. The molecular weight excluding hydrogens is 271 g/mol. The molecule has 0 fully saturated rings. The fourth-order valence-corrected chi connectivity index (χ4v) is 2.61. The minimum atomic E-state index is 0. The summed E-state index contributed by atoms with van der Waals surface area (Å²) in [5.74, 6) is 0.0771. The smallest absolute Gasteiger partial charge is 0.159 e. The van der Waals surface area contributed by atoms with E-state index in [0.29, 0.717) is 0 Å². The average Bonchev–Trinajstić information content (AvgIpc) is 2.33. The van der Waals surface area contributed by atoms with Gasteiger partial charge in [-0.25, -0.2) is 0 Å². The van der Waals surface area contributed by atoms with Crippen LogP contribution in [0.1, 0.15) is 17.3 Å². The Kier molecular flexibility index (Phi) is 6.53. The first kappa shape index (κ1) is 15.9. The molecule has 0 bridgehead atoms. The third-order valence-corrected chi connectivity index (χ3v) is 3.94. The van der Waals surface area contributed by atoms with Crippen molar-refractivity contribution >= 4 is 59.7 Å². The van der Waals surface area contributed by atoms with Gasteiger partial charge in [0.1, 0.15) is 0 Å². The van der Waals surface area contributed by atoms with Gasteiger partial charge in [-0.3, -0.25) is 4.79 Å². The number of rotatable bonds is 3. The largest absolute Gasteiger partial charge is 0.295 e. The van der Waals surface area contributed by atoms with E-state index in [0.717, 1.165) is 20.2 Å². The van der Waals surface area contributed by atoms with Gasteiger partial charge in [0, 0.05) is 49.8 Å². The molecule has 0 saturated heterocycles. The summed E-state index contributed by atoms with van der Waals surface area (Å²) < 4.78 is 0. The van der Waals surface area contributed by atoms with Gasteiger partial charge < -0.3 is 0 Å². The molecule has 0 aliphatic heterocycles.